The van der Waals surface area contributed by atoms with Crippen LogP contribution in [0.25, 0.3) is 0 Å². The van der Waals surface area contributed by atoms with Crippen LogP contribution in [0.5, 0.6) is 5.75 Å². The number of anilines is 1. The molecular weight excluding hydrogens is 375 g/mol. The number of rotatable bonds is 7. The van der Waals surface area contributed by atoms with Gasteiger partial charge in [-0.05, 0) is 37.1 Å². The van der Waals surface area contributed by atoms with Crippen molar-refractivity contribution in [2.24, 2.45) is 0 Å². The number of para-hydroxylation sites is 2. The largest absolute Gasteiger partial charge is 0.482 e. The average molecular weight is 395 g/mol. The third-order valence-corrected chi connectivity index (χ3v) is 3.87. The van der Waals surface area contributed by atoms with E-state index in [9.17, 15) is 22.8 Å². The van der Waals surface area contributed by atoms with Crippen LogP contribution in [-0.2, 0) is 26.9 Å². The lowest BCUT2D eigenvalue weighted by Crippen LogP contribution is -2.32. The lowest BCUT2D eigenvalue weighted by molar-refractivity contribution is -0.155. The SMILES string of the molecule is CCc1ccccc1OCC(=O)OC(C)C(=O)Nc1ccccc1C(F)(F)F. The molecule has 8 heteroatoms. The van der Waals surface area contributed by atoms with Crippen LogP contribution >= 0.6 is 0 Å². The number of halogens is 3. The number of amides is 1. The van der Waals surface area contributed by atoms with Gasteiger partial charge in [-0.15, -0.1) is 0 Å². The molecule has 5 nitrogen and oxygen atoms in total. The summed E-state index contributed by atoms with van der Waals surface area (Å²) in [7, 11) is 0. The van der Waals surface area contributed by atoms with Crippen molar-refractivity contribution in [1.29, 1.82) is 0 Å². The van der Waals surface area contributed by atoms with Crippen LogP contribution in [0.3, 0.4) is 0 Å². The number of esters is 1. The summed E-state index contributed by atoms with van der Waals surface area (Å²) in [6.45, 7) is 2.78. The second kappa shape index (κ2) is 9.25. The van der Waals surface area contributed by atoms with Gasteiger partial charge in [-0.2, -0.15) is 13.2 Å². The van der Waals surface area contributed by atoms with E-state index in [1.807, 2.05) is 19.1 Å². The fourth-order valence-corrected chi connectivity index (χ4v) is 2.43. The molecule has 1 atom stereocenters. The van der Waals surface area contributed by atoms with Crippen molar-refractivity contribution in [2.75, 3.05) is 11.9 Å². The van der Waals surface area contributed by atoms with Gasteiger partial charge in [0.1, 0.15) is 5.75 Å². The van der Waals surface area contributed by atoms with E-state index in [2.05, 4.69) is 5.32 Å². The minimum Gasteiger partial charge on any atom is -0.482 e. The molecule has 0 fully saturated rings. The van der Waals surface area contributed by atoms with Gasteiger partial charge < -0.3 is 14.8 Å². The van der Waals surface area contributed by atoms with E-state index in [0.29, 0.717) is 12.2 Å². The minimum absolute atomic E-state index is 0.406. The maximum absolute atomic E-state index is 13.0. The molecular formula is C20H20F3NO4. The molecule has 0 aromatic heterocycles. The van der Waals surface area contributed by atoms with Crippen LogP contribution < -0.4 is 10.1 Å². The summed E-state index contributed by atoms with van der Waals surface area (Å²) in [4.78, 5) is 24.0. The maximum Gasteiger partial charge on any atom is 0.418 e. The van der Waals surface area contributed by atoms with Crippen molar-refractivity contribution >= 4 is 17.6 Å². The molecule has 0 heterocycles. The zero-order valence-electron chi connectivity index (χ0n) is 15.4. The Morgan fingerprint density at radius 3 is 2.39 bits per heavy atom. The zero-order chi connectivity index (χ0) is 20.7. The molecule has 1 amide bonds. The Bertz CT molecular complexity index is 836. The van der Waals surface area contributed by atoms with Crippen molar-refractivity contribution in [3.63, 3.8) is 0 Å². The molecule has 28 heavy (non-hydrogen) atoms. The topological polar surface area (TPSA) is 64.6 Å². The highest BCUT2D eigenvalue weighted by Crippen LogP contribution is 2.34. The van der Waals surface area contributed by atoms with Gasteiger partial charge in [0, 0.05) is 0 Å². The molecule has 2 rings (SSSR count). The quantitative estimate of drug-likeness (QED) is 0.713. The fraction of sp³-hybridized carbons (Fsp3) is 0.300. The van der Waals surface area contributed by atoms with Gasteiger partial charge in [0.25, 0.3) is 5.91 Å². The molecule has 2 aromatic carbocycles. The molecule has 1 N–H and O–H groups in total. The highest BCUT2D eigenvalue weighted by molar-refractivity contribution is 5.95. The number of hydrogen-bond acceptors (Lipinski definition) is 4. The summed E-state index contributed by atoms with van der Waals surface area (Å²) in [6.07, 6.45) is -5.20. The number of benzene rings is 2. The van der Waals surface area contributed by atoms with Gasteiger partial charge in [-0.3, -0.25) is 4.79 Å². The second-order valence-electron chi connectivity index (χ2n) is 5.91. The van der Waals surface area contributed by atoms with Crippen LogP contribution in [0.1, 0.15) is 25.0 Å². The summed E-state index contributed by atoms with van der Waals surface area (Å²) in [5, 5.41) is 2.14. The number of hydrogen-bond donors (Lipinski definition) is 1. The highest BCUT2D eigenvalue weighted by Gasteiger charge is 2.34. The Hall–Kier alpha value is -3.03. The van der Waals surface area contributed by atoms with E-state index in [1.165, 1.54) is 19.1 Å². The molecule has 0 aliphatic carbocycles. The lowest BCUT2D eigenvalue weighted by Gasteiger charge is -2.17. The summed E-state index contributed by atoms with van der Waals surface area (Å²) < 4.78 is 49.3. The summed E-state index contributed by atoms with van der Waals surface area (Å²) >= 11 is 0. The van der Waals surface area contributed by atoms with E-state index in [1.54, 1.807) is 12.1 Å². The van der Waals surface area contributed by atoms with Gasteiger partial charge in [0.15, 0.2) is 12.7 Å². The maximum atomic E-state index is 13.0. The van der Waals surface area contributed by atoms with E-state index < -0.39 is 42.0 Å². The molecule has 2 aromatic rings. The number of ether oxygens (including phenoxy) is 2. The van der Waals surface area contributed by atoms with E-state index in [-0.39, 0.29) is 0 Å². The molecule has 150 valence electrons. The van der Waals surface area contributed by atoms with E-state index in [0.717, 1.165) is 17.7 Å². The van der Waals surface area contributed by atoms with Crippen LogP contribution in [0.15, 0.2) is 48.5 Å². The summed E-state index contributed by atoms with van der Waals surface area (Å²) in [6, 6.07) is 11.7. The Morgan fingerprint density at radius 2 is 1.71 bits per heavy atom. The van der Waals surface area contributed by atoms with Crippen molar-refractivity contribution in [1.82, 2.24) is 0 Å². The van der Waals surface area contributed by atoms with Crippen molar-refractivity contribution < 1.29 is 32.2 Å². The van der Waals surface area contributed by atoms with Crippen molar-refractivity contribution in [2.45, 2.75) is 32.5 Å². The minimum atomic E-state index is -4.62. The van der Waals surface area contributed by atoms with Crippen LogP contribution in [-0.4, -0.2) is 24.6 Å². The number of alkyl halides is 3. The third-order valence-electron chi connectivity index (χ3n) is 3.87. The van der Waals surface area contributed by atoms with Crippen molar-refractivity contribution in [3.8, 4) is 5.75 Å². The molecule has 0 aliphatic rings. The number of carbonyl (C=O) groups is 2. The Labute approximate surface area is 160 Å². The Kier molecular flexibility index (Phi) is 7.03. The molecule has 0 bridgehead atoms. The Balaban J connectivity index is 1.93. The van der Waals surface area contributed by atoms with Crippen LogP contribution in [0.2, 0.25) is 0 Å². The third kappa shape index (κ3) is 5.73. The first-order valence-corrected chi connectivity index (χ1v) is 8.59. The van der Waals surface area contributed by atoms with Gasteiger partial charge in [0.05, 0.1) is 11.3 Å². The van der Waals surface area contributed by atoms with E-state index in [4.69, 9.17) is 9.47 Å². The molecule has 0 aliphatic heterocycles. The van der Waals surface area contributed by atoms with Gasteiger partial charge in [-0.25, -0.2) is 4.79 Å². The van der Waals surface area contributed by atoms with Crippen molar-refractivity contribution in [3.05, 3.63) is 59.7 Å². The molecule has 0 saturated heterocycles. The summed E-state index contributed by atoms with van der Waals surface area (Å²) in [5.74, 6) is -1.16. The number of aryl methyl sites for hydroxylation is 1. The standard InChI is InChI=1S/C20H20F3NO4/c1-3-14-8-4-7-11-17(14)27-12-18(25)28-13(2)19(26)24-16-10-6-5-9-15(16)20(21,22)23/h4-11,13H,3,12H2,1-2H3,(H,24,26). The zero-order valence-corrected chi connectivity index (χ0v) is 15.4. The molecule has 0 saturated carbocycles. The number of carbonyl (C=O) groups excluding carboxylic acids is 2. The van der Waals surface area contributed by atoms with Gasteiger partial charge in [-0.1, -0.05) is 37.3 Å². The van der Waals surface area contributed by atoms with Crippen LogP contribution in [0, 0.1) is 0 Å². The smallest absolute Gasteiger partial charge is 0.418 e. The van der Waals surface area contributed by atoms with Gasteiger partial charge in [0.2, 0.25) is 0 Å². The summed E-state index contributed by atoms with van der Waals surface area (Å²) in [5.41, 5.74) is -0.484. The molecule has 0 spiro atoms. The first kappa shape index (κ1) is 21.3. The first-order chi connectivity index (χ1) is 13.2. The van der Waals surface area contributed by atoms with Gasteiger partial charge >= 0.3 is 12.1 Å². The predicted octanol–water partition coefficient (Wildman–Crippen LogP) is 4.22. The Morgan fingerprint density at radius 1 is 1.07 bits per heavy atom. The lowest BCUT2D eigenvalue weighted by atomic mass is 10.1. The average Bonchev–Trinajstić information content (AvgIpc) is 2.66. The monoisotopic (exact) mass is 395 g/mol. The molecule has 0 radical (unpaired) electrons. The van der Waals surface area contributed by atoms with E-state index >= 15 is 0 Å². The predicted molar refractivity (Wildman–Crippen MR) is 96.9 cm³/mol. The highest BCUT2D eigenvalue weighted by atomic mass is 19.4. The fourth-order valence-electron chi connectivity index (χ4n) is 2.43. The second-order valence-corrected chi connectivity index (χ2v) is 5.91. The number of nitrogens with one attached hydrogen (secondary N) is 1. The molecule has 1 unspecified atom stereocenters. The van der Waals surface area contributed by atoms with Crippen LogP contribution in [0.4, 0.5) is 18.9 Å². The normalized spacial score (nSPS) is 12.2. The first-order valence-electron chi connectivity index (χ1n) is 8.59.